The monoisotopic (exact) mass is 241 g/mol. The Kier molecular flexibility index (Phi) is 5.22. The first kappa shape index (κ1) is 13.3. The van der Waals surface area contributed by atoms with E-state index < -0.39 is 0 Å². The van der Waals surface area contributed by atoms with Crippen molar-refractivity contribution in [2.75, 3.05) is 46.4 Å². The molecule has 4 heteroatoms. The molecule has 2 heterocycles. The van der Waals surface area contributed by atoms with Crippen LogP contribution in [0.3, 0.4) is 0 Å². The molecule has 0 radical (unpaired) electrons. The van der Waals surface area contributed by atoms with Crippen molar-refractivity contribution in [2.24, 2.45) is 5.73 Å². The number of hydrogen-bond donors (Lipinski definition) is 1. The third-order valence-corrected chi connectivity index (χ3v) is 4.09. The van der Waals surface area contributed by atoms with Crippen molar-refractivity contribution in [2.45, 2.75) is 37.8 Å². The Morgan fingerprint density at radius 3 is 3.06 bits per heavy atom. The zero-order valence-corrected chi connectivity index (χ0v) is 11.1. The van der Waals surface area contributed by atoms with Crippen LogP contribution in [0, 0.1) is 0 Å². The van der Waals surface area contributed by atoms with Crippen LogP contribution in [0.2, 0.25) is 0 Å². The van der Waals surface area contributed by atoms with Crippen LogP contribution >= 0.6 is 0 Å². The van der Waals surface area contributed by atoms with Gasteiger partial charge in [-0.3, -0.25) is 9.80 Å². The van der Waals surface area contributed by atoms with Gasteiger partial charge in [0.15, 0.2) is 0 Å². The molecule has 0 aromatic rings. The Labute approximate surface area is 105 Å². The minimum Gasteiger partial charge on any atom is -0.385 e. The van der Waals surface area contributed by atoms with Gasteiger partial charge in [-0.1, -0.05) is 0 Å². The van der Waals surface area contributed by atoms with Gasteiger partial charge in [-0.2, -0.15) is 0 Å². The molecule has 2 fully saturated rings. The maximum absolute atomic E-state index is 6.17. The standard InChI is InChI=1S/C13H27N3O/c1-17-9-3-4-12(14)10-15-7-8-16-6-2-5-13(16)11-15/h12-13H,2-11,14H2,1H3. The summed E-state index contributed by atoms with van der Waals surface area (Å²) in [6, 6.07) is 1.13. The molecule has 0 aliphatic carbocycles. The Balaban J connectivity index is 1.65. The van der Waals surface area contributed by atoms with E-state index in [4.69, 9.17) is 10.5 Å². The molecule has 100 valence electrons. The number of nitrogens with zero attached hydrogens (tertiary/aromatic N) is 2. The molecule has 0 aromatic heterocycles. The Morgan fingerprint density at radius 2 is 2.24 bits per heavy atom. The number of hydrogen-bond acceptors (Lipinski definition) is 4. The van der Waals surface area contributed by atoms with Crippen molar-refractivity contribution >= 4 is 0 Å². The molecule has 2 atom stereocenters. The fraction of sp³-hybridized carbons (Fsp3) is 1.00. The fourth-order valence-corrected chi connectivity index (χ4v) is 3.13. The predicted molar refractivity (Wildman–Crippen MR) is 70.1 cm³/mol. The summed E-state index contributed by atoms with van der Waals surface area (Å²) in [5.41, 5.74) is 6.17. The van der Waals surface area contributed by atoms with Gasteiger partial charge in [-0.15, -0.1) is 0 Å². The lowest BCUT2D eigenvalue weighted by Gasteiger charge is -2.38. The molecule has 2 rings (SSSR count). The third-order valence-electron chi connectivity index (χ3n) is 4.09. The summed E-state index contributed by atoms with van der Waals surface area (Å²) in [7, 11) is 1.75. The van der Waals surface area contributed by atoms with Crippen LogP contribution in [-0.4, -0.2) is 68.3 Å². The molecular weight excluding hydrogens is 214 g/mol. The SMILES string of the molecule is COCCCC(N)CN1CCN2CCCC2C1. The van der Waals surface area contributed by atoms with Gasteiger partial charge in [0.2, 0.25) is 0 Å². The van der Waals surface area contributed by atoms with Gasteiger partial charge in [0.25, 0.3) is 0 Å². The summed E-state index contributed by atoms with van der Waals surface area (Å²) in [6.45, 7) is 6.90. The van der Waals surface area contributed by atoms with Gasteiger partial charge in [-0.05, 0) is 32.2 Å². The van der Waals surface area contributed by atoms with Gasteiger partial charge in [0.05, 0.1) is 0 Å². The summed E-state index contributed by atoms with van der Waals surface area (Å²) in [5.74, 6) is 0. The quantitative estimate of drug-likeness (QED) is 0.689. The number of nitrogens with two attached hydrogens (primary N) is 1. The maximum atomic E-state index is 6.17. The summed E-state index contributed by atoms with van der Waals surface area (Å²) in [5, 5.41) is 0. The first-order chi connectivity index (χ1) is 8.29. The van der Waals surface area contributed by atoms with E-state index in [0.29, 0.717) is 6.04 Å². The molecule has 0 saturated carbocycles. The van der Waals surface area contributed by atoms with Gasteiger partial charge in [-0.25, -0.2) is 0 Å². The fourth-order valence-electron chi connectivity index (χ4n) is 3.13. The van der Waals surface area contributed by atoms with Crippen LogP contribution in [0.1, 0.15) is 25.7 Å². The third kappa shape index (κ3) is 3.91. The van der Waals surface area contributed by atoms with E-state index in [-0.39, 0.29) is 0 Å². The van der Waals surface area contributed by atoms with Crippen molar-refractivity contribution < 1.29 is 4.74 Å². The van der Waals surface area contributed by atoms with Gasteiger partial charge < -0.3 is 10.5 Å². The lowest BCUT2D eigenvalue weighted by molar-refractivity contribution is 0.0977. The molecule has 0 spiro atoms. The van der Waals surface area contributed by atoms with Crippen LogP contribution in [0.25, 0.3) is 0 Å². The molecule has 17 heavy (non-hydrogen) atoms. The second-order valence-corrected chi connectivity index (χ2v) is 5.49. The number of fused-ring (bicyclic) bond motifs is 1. The lowest BCUT2D eigenvalue weighted by Crippen LogP contribution is -2.52. The highest BCUT2D eigenvalue weighted by Crippen LogP contribution is 2.21. The molecule has 2 saturated heterocycles. The summed E-state index contributed by atoms with van der Waals surface area (Å²) >= 11 is 0. The van der Waals surface area contributed by atoms with E-state index in [1.165, 1.54) is 39.0 Å². The van der Waals surface area contributed by atoms with E-state index >= 15 is 0 Å². The zero-order chi connectivity index (χ0) is 12.1. The van der Waals surface area contributed by atoms with E-state index in [0.717, 1.165) is 32.0 Å². The first-order valence-electron chi connectivity index (χ1n) is 7.00. The summed E-state index contributed by atoms with van der Waals surface area (Å²) in [6.07, 6.45) is 4.94. The predicted octanol–water partition coefficient (Wildman–Crippen LogP) is 0.520. The van der Waals surface area contributed by atoms with E-state index in [1.54, 1.807) is 7.11 Å². The molecule has 2 unspecified atom stereocenters. The number of methoxy groups -OCH3 is 1. The Hall–Kier alpha value is -0.160. The molecule has 2 aliphatic heterocycles. The van der Waals surface area contributed by atoms with Crippen molar-refractivity contribution in [1.82, 2.24) is 9.80 Å². The van der Waals surface area contributed by atoms with Crippen LogP contribution in [-0.2, 0) is 4.74 Å². The average molecular weight is 241 g/mol. The van der Waals surface area contributed by atoms with Crippen molar-refractivity contribution in [3.8, 4) is 0 Å². The number of ether oxygens (including phenoxy) is 1. The van der Waals surface area contributed by atoms with Gasteiger partial charge >= 0.3 is 0 Å². The van der Waals surface area contributed by atoms with Gasteiger partial charge in [0.1, 0.15) is 0 Å². The zero-order valence-electron chi connectivity index (χ0n) is 11.1. The largest absolute Gasteiger partial charge is 0.385 e. The molecule has 2 N–H and O–H groups in total. The first-order valence-corrected chi connectivity index (χ1v) is 7.00. The maximum Gasteiger partial charge on any atom is 0.0462 e. The number of rotatable bonds is 6. The Morgan fingerprint density at radius 1 is 1.35 bits per heavy atom. The minimum absolute atomic E-state index is 0.318. The smallest absolute Gasteiger partial charge is 0.0462 e. The van der Waals surface area contributed by atoms with Crippen LogP contribution in [0.15, 0.2) is 0 Å². The topological polar surface area (TPSA) is 41.7 Å². The lowest BCUT2D eigenvalue weighted by atomic mass is 10.1. The minimum atomic E-state index is 0.318. The highest BCUT2D eigenvalue weighted by Gasteiger charge is 2.30. The second kappa shape index (κ2) is 6.69. The summed E-state index contributed by atoms with van der Waals surface area (Å²) < 4.78 is 5.06. The van der Waals surface area contributed by atoms with E-state index in [9.17, 15) is 0 Å². The van der Waals surface area contributed by atoms with Crippen LogP contribution in [0.5, 0.6) is 0 Å². The van der Waals surface area contributed by atoms with E-state index in [1.807, 2.05) is 0 Å². The summed E-state index contributed by atoms with van der Waals surface area (Å²) in [4.78, 5) is 5.21. The molecular formula is C13H27N3O. The van der Waals surface area contributed by atoms with Gasteiger partial charge in [0, 0.05) is 52.0 Å². The van der Waals surface area contributed by atoms with Crippen LogP contribution < -0.4 is 5.73 Å². The highest BCUT2D eigenvalue weighted by atomic mass is 16.5. The molecule has 4 nitrogen and oxygen atoms in total. The van der Waals surface area contributed by atoms with Crippen LogP contribution in [0.4, 0.5) is 0 Å². The van der Waals surface area contributed by atoms with Crippen molar-refractivity contribution in [3.05, 3.63) is 0 Å². The van der Waals surface area contributed by atoms with Crippen molar-refractivity contribution in [1.29, 1.82) is 0 Å². The molecule has 2 aliphatic rings. The molecule has 0 aromatic carbocycles. The molecule has 0 bridgehead atoms. The average Bonchev–Trinajstić information content (AvgIpc) is 2.76. The normalized spacial score (nSPS) is 28.2. The Bertz CT molecular complexity index is 225. The second-order valence-electron chi connectivity index (χ2n) is 5.49. The molecule has 0 amide bonds. The van der Waals surface area contributed by atoms with E-state index in [2.05, 4.69) is 9.80 Å². The number of piperazine rings is 1. The van der Waals surface area contributed by atoms with Crippen molar-refractivity contribution in [3.63, 3.8) is 0 Å². The highest BCUT2D eigenvalue weighted by molar-refractivity contribution is 4.87.